The molecule has 24 heavy (non-hydrogen) atoms. The third-order valence-electron chi connectivity index (χ3n) is 5.38. The molecule has 0 N–H and O–H groups in total. The number of rotatable bonds is 14. The fourth-order valence-electron chi connectivity index (χ4n) is 3.88. The fourth-order valence-corrected chi connectivity index (χ4v) is 12.3. The second kappa shape index (κ2) is 11.7. The van der Waals surface area contributed by atoms with Gasteiger partial charge in [-0.3, -0.25) is 0 Å². The maximum atomic E-state index is 4.55. The third-order valence-corrected chi connectivity index (χ3v) is 14.8. The van der Waals surface area contributed by atoms with E-state index in [1.54, 1.807) is 5.56 Å². The molecule has 0 unspecified atom stereocenters. The van der Waals surface area contributed by atoms with Gasteiger partial charge in [-0.05, 0) is 0 Å². The summed E-state index contributed by atoms with van der Waals surface area (Å²) in [5.74, 6) is 0. The number of halogens is 1. The molecule has 0 bridgehead atoms. The van der Waals surface area contributed by atoms with E-state index in [0.29, 0.717) is 0 Å². The molecule has 140 valence electrons. The van der Waals surface area contributed by atoms with Crippen LogP contribution in [0.2, 0.25) is 0 Å². The average Bonchev–Trinajstić information content (AvgIpc) is 2.57. The van der Waals surface area contributed by atoms with Crippen LogP contribution in [0.1, 0.15) is 84.1 Å². The predicted octanol–water partition coefficient (Wildman–Crippen LogP) is 8.62. The molecule has 0 aliphatic rings. The molecule has 0 nitrogen and oxygen atoms in total. The summed E-state index contributed by atoms with van der Waals surface area (Å²) in [5.41, 5.74) is 1.55. The van der Waals surface area contributed by atoms with Gasteiger partial charge in [-0.15, -0.1) is 0 Å². The first-order valence-electron chi connectivity index (χ1n) is 10.3. The zero-order chi connectivity index (χ0) is 17.8. The molecule has 0 aromatic heterocycles. The van der Waals surface area contributed by atoms with Crippen molar-refractivity contribution >= 4 is 20.8 Å². The molecule has 1 aromatic rings. The molecule has 0 aliphatic carbocycles. The molecule has 0 saturated heterocycles. The molecule has 0 heterocycles. The van der Waals surface area contributed by atoms with E-state index in [9.17, 15) is 0 Å². The molecule has 0 radical (unpaired) electrons. The third kappa shape index (κ3) is 8.01. The van der Waals surface area contributed by atoms with Crippen LogP contribution in [0.4, 0.5) is 0 Å². The quantitative estimate of drug-likeness (QED) is 0.211. The Balaban J connectivity index is 2.98. The van der Waals surface area contributed by atoms with Gasteiger partial charge in [0.1, 0.15) is 0 Å². The van der Waals surface area contributed by atoms with E-state index < -0.39 is 5.31 Å². The summed E-state index contributed by atoms with van der Waals surface area (Å²) in [6.07, 6.45) is 18.0. The van der Waals surface area contributed by atoms with Crippen molar-refractivity contribution in [3.8, 4) is 0 Å². The van der Waals surface area contributed by atoms with E-state index in [0.717, 1.165) is 0 Å². The monoisotopic (exact) mass is 414 g/mol. The number of hydrogen-bond donors (Lipinski definition) is 0. The van der Waals surface area contributed by atoms with Crippen LogP contribution >= 0.6 is 20.8 Å². The predicted molar refractivity (Wildman–Crippen MR) is 119 cm³/mol. The van der Waals surface area contributed by atoms with Crippen molar-refractivity contribution in [1.29, 1.82) is 0 Å². The van der Waals surface area contributed by atoms with Gasteiger partial charge in [0.05, 0.1) is 0 Å². The Hall–Kier alpha value is 0.130. The Labute approximate surface area is 159 Å². The van der Waals surface area contributed by atoms with E-state index in [1.807, 2.05) is 0 Å². The van der Waals surface area contributed by atoms with Gasteiger partial charge in [0, 0.05) is 0 Å². The van der Waals surface area contributed by atoms with Crippen molar-refractivity contribution in [1.82, 2.24) is 0 Å². The van der Waals surface area contributed by atoms with Crippen LogP contribution in [0.25, 0.3) is 0 Å². The minimum absolute atomic E-state index is 1.31. The van der Waals surface area contributed by atoms with Crippen LogP contribution < -0.4 is 0 Å². The van der Waals surface area contributed by atoms with E-state index in [-0.39, 0.29) is 0 Å². The molecule has 1 aromatic carbocycles. The Bertz CT molecular complexity index is 400. The van der Waals surface area contributed by atoms with Gasteiger partial charge in [0.25, 0.3) is 0 Å². The molecule has 0 fully saturated rings. The molecule has 0 atom stereocenters. The molecule has 1 rings (SSSR count). The van der Waals surface area contributed by atoms with Crippen molar-refractivity contribution in [3.63, 3.8) is 0 Å². The van der Waals surface area contributed by atoms with Crippen molar-refractivity contribution in [2.24, 2.45) is 0 Å². The topological polar surface area (TPSA) is 0 Å². The molecular weight excluding hydrogens is 375 g/mol. The first-order chi connectivity index (χ1) is 11.6. The molecule has 0 amide bonds. The number of unbranched alkanes of at least 4 members (excludes halogenated alkanes) is 6. The van der Waals surface area contributed by atoms with E-state index in [1.165, 1.54) is 82.4 Å². The van der Waals surface area contributed by atoms with Crippen LogP contribution in [0, 0.1) is 0 Å². The van der Waals surface area contributed by atoms with Gasteiger partial charge in [-0.1, -0.05) is 0 Å². The molecular formula is C22H40BrP. The fraction of sp³-hybridized carbons (Fsp3) is 0.727. The summed E-state index contributed by atoms with van der Waals surface area (Å²) in [6, 6.07) is 11.3. The van der Waals surface area contributed by atoms with Gasteiger partial charge in [-0.25, -0.2) is 0 Å². The normalized spacial score (nSPS) is 13.6. The zero-order valence-corrected chi connectivity index (χ0v) is 18.9. The Morgan fingerprint density at radius 1 is 0.667 bits per heavy atom. The minimum atomic E-state index is -1.83. The van der Waals surface area contributed by atoms with E-state index in [2.05, 4.69) is 66.6 Å². The van der Waals surface area contributed by atoms with Crippen molar-refractivity contribution in [2.75, 3.05) is 18.5 Å². The molecule has 0 spiro atoms. The summed E-state index contributed by atoms with van der Waals surface area (Å²) in [7, 11) is 0. The SMILES string of the molecule is CCCCCP(Br)(CCCCC)(CCCCC)Cc1ccccc1. The average molecular weight is 415 g/mol. The Morgan fingerprint density at radius 2 is 1.08 bits per heavy atom. The van der Waals surface area contributed by atoms with Crippen molar-refractivity contribution in [2.45, 2.75) is 84.7 Å². The standard InChI is InChI=1S/C22H40BrP/c1-4-7-13-18-24(23,19-14-8-5-2,20-15-9-6-3)21-22-16-11-10-12-17-22/h10-12,16-17H,4-9,13-15,18-21H2,1-3H3. The Kier molecular flexibility index (Phi) is 10.8. The van der Waals surface area contributed by atoms with Gasteiger partial charge >= 0.3 is 160 Å². The summed E-state index contributed by atoms with van der Waals surface area (Å²) < 4.78 is 0. The second-order valence-corrected chi connectivity index (χ2v) is 19.1. The van der Waals surface area contributed by atoms with Crippen molar-refractivity contribution < 1.29 is 0 Å². The van der Waals surface area contributed by atoms with Crippen LogP contribution in [0.3, 0.4) is 0 Å². The number of hydrogen-bond acceptors (Lipinski definition) is 0. The van der Waals surface area contributed by atoms with E-state index >= 15 is 0 Å². The molecule has 0 saturated carbocycles. The van der Waals surface area contributed by atoms with Crippen LogP contribution in [0.15, 0.2) is 30.3 Å². The van der Waals surface area contributed by atoms with Gasteiger partial charge in [0.2, 0.25) is 0 Å². The zero-order valence-electron chi connectivity index (χ0n) is 16.4. The second-order valence-electron chi connectivity index (χ2n) is 7.76. The maximum absolute atomic E-state index is 4.55. The van der Waals surface area contributed by atoms with Crippen molar-refractivity contribution in [3.05, 3.63) is 35.9 Å². The van der Waals surface area contributed by atoms with Crippen LogP contribution in [-0.2, 0) is 6.16 Å². The molecule has 0 aliphatic heterocycles. The van der Waals surface area contributed by atoms with Crippen LogP contribution in [0.5, 0.6) is 0 Å². The summed E-state index contributed by atoms with van der Waals surface area (Å²) in [6.45, 7) is 6.98. The summed E-state index contributed by atoms with van der Waals surface area (Å²) in [5, 5.41) is -1.83. The first kappa shape index (κ1) is 22.2. The van der Waals surface area contributed by atoms with Crippen LogP contribution in [-0.4, -0.2) is 18.5 Å². The number of benzene rings is 1. The van der Waals surface area contributed by atoms with E-state index in [4.69, 9.17) is 0 Å². The first-order valence-corrected chi connectivity index (χ1v) is 15.3. The van der Waals surface area contributed by atoms with Gasteiger partial charge < -0.3 is 0 Å². The summed E-state index contributed by atoms with van der Waals surface area (Å²) in [4.78, 5) is 0. The van der Waals surface area contributed by atoms with Gasteiger partial charge in [0.15, 0.2) is 0 Å². The Morgan fingerprint density at radius 3 is 1.46 bits per heavy atom. The summed E-state index contributed by atoms with van der Waals surface area (Å²) >= 11 is 4.55. The molecule has 2 heteroatoms. The van der Waals surface area contributed by atoms with Gasteiger partial charge in [-0.2, -0.15) is 0 Å².